The van der Waals surface area contributed by atoms with E-state index in [9.17, 15) is 19.5 Å². The minimum atomic E-state index is -1.25. The van der Waals surface area contributed by atoms with Crippen LogP contribution in [0.5, 0.6) is 5.75 Å². The highest BCUT2D eigenvalue weighted by Gasteiger charge is 2.24. The average molecular weight is 571 g/mol. The maximum absolute atomic E-state index is 12.9. The number of rotatable bonds is 7. The number of oxazole rings is 1. The molecule has 4 aromatic rings. The smallest absolute Gasteiger partial charge is 0.408 e. The van der Waals surface area contributed by atoms with Crippen molar-refractivity contribution in [3.8, 4) is 17.2 Å². The first-order valence-electron chi connectivity index (χ1n) is 11.8. The van der Waals surface area contributed by atoms with Crippen LogP contribution < -0.4 is 10.1 Å². The molecule has 0 fully saturated rings. The quantitative estimate of drug-likeness (QED) is 0.189. The largest absolute Gasteiger partial charge is 0.480 e. The molecule has 0 saturated carbocycles. The van der Waals surface area contributed by atoms with Crippen molar-refractivity contribution >= 4 is 52.3 Å². The first-order valence-corrected chi connectivity index (χ1v) is 12.5. The Morgan fingerprint density at radius 3 is 2.41 bits per heavy atom. The highest BCUT2D eigenvalue weighted by molar-refractivity contribution is 6.35. The molecule has 0 aliphatic carbocycles. The van der Waals surface area contributed by atoms with Gasteiger partial charge in [-0.15, -0.1) is 0 Å². The molecule has 39 heavy (non-hydrogen) atoms. The highest BCUT2D eigenvalue weighted by Crippen LogP contribution is 2.30. The molecule has 0 aliphatic rings. The van der Waals surface area contributed by atoms with E-state index in [4.69, 9.17) is 37.1 Å². The van der Waals surface area contributed by atoms with E-state index in [2.05, 4.69) is 10.3 Å². The number of hydrogen-bond acceptors (Lipinski definition) is 7. The molecule has 0 radical (unpaired) electrons. The number of fused-ring (bicyclic) bond motifs is 1. The van der Waals surface area contributed by atoms with Crippen LogP contribution in [0.15, 0.2) is 65.1 Å². The van der Waals surface area contributed by atoms with Crippen molar-refractivity contribution in [3.63, 3.8) is 0 Å². The van der Waals surface area contributed by atoms with Gasteiger partial charge in [0.1, 0.15) is 22.9 Å². The van der Waals surface area contributed by atoms with E-state index in [1.54, 1.807) is 69.3 Å². The SMILES string of the molecule is CC(C)(C)OC(=O)N[C@H](Cc1cccc(OC(=O)c2ccc3nc(-c4cc(Cl)cc(Cl)c4)oc3c2)c1)C(=O)O. The molecular formula is C28H24Cl2N2O7. The Balaban J connectivity index is 1.47. The van der Waals surface area contributed by atoms with E-state index in [0.717, 1.165) is 0 Å². The lowest BCUT2D eigenvalue weighted by Gasteiger charge is -2.22. The number of carbonyl (C=O) groups is 3. The summed E-state index contributed by atoms with van der Waals surface area (Å²) in [6.07, 6.45) is -0.901. The van der Waals surface area contributed by atoms with Gasteiger partial charge in [0.05, 0.1) is 5.56 Å². The van der Waals surface area contributed by atoms with Gasteiger partial charge in [0.2, 0.25) is 5.89 Å². The van der Waals surface area contributed by atoms with Crippen molar-refractivity contribution in [1.29, 1.82) is 0 Å². The Morgan fingerprint density at radius 2 is 1.74 bits per heavy atom. The molecule has 1 aromatic heterocycles. The molecule has 0 aliphatic heterocycles. The third-order valence-corrected chi connectivity index (χ3v) is 5.71. The zero-order valence-corrected chi connectivity index (χ0v) is 22.7. The third-order valence-electron chi connectivity index (χ3n) is 5.27. The number of carboxylic acids is 1. The zero-order chi connectivity index (χ0) is 28.3. The van der Waals surface area contributed by atoms with Crippen LogP contribution >= 0.6 is 23.2 Å². The van der Waals surface area contributed by atoms with E-state index >= 15 is 0 Å². The Bertz CT molecular complexity index is 1540. The molecule has 202 valence electrons. The molecule has 0 unspecified atom stereocenters. The summed E-state index contributed by atoms with van der Waals surface area (Å²) in [5.74, 6) is -1.39. The molecule has 4 rings (SSSR count). The molecule has 0 saturated heterocycles. The molecule has 0 spiro atoms. The van der Waals surface area contributed by atoms with Gasteiger partial charge >= 0.3 is 18.0 Å². The van der Waals surface area contributed by atoms with Crippen molar-refractivity contribution in [2.24, 2.45) is 0 Å². The zero-order valence-electron chi connectivity index (χ0n) is 21.2. The summed E-state index contributed by atoms with van der Waals surface area (Å²) < 4.78 is 16.5. The molecule has 1 heterocycles. The number of nitrogens with one attached hydrogen (secondary N) is 1. The summed E-state index contributed by atoms with van der Waals surface area (Å²) in [4.78, 5) is 41.0. The first-order chi connectivity index (χ1) is 18.4. The molecule has 0 bridgehead atoms. The Hall–Kier alpha value is -4.08. The Labute approximate surface area is 233 Å². The van der Waals surface area contributed by atoms with Crippen molar-refractivity contribution in [2.75, 3.05) is 0 Å². The van der Waals surface area contributed by atoms with Gasteiger partial charge in [-0.3, -0.25) is 0 Å². The van der Waals surface area contributed by atoms with Crippen LogP contribution in [0.4, 0.5) is 4.79 Å². The van der Waals surface area contributed by atoms with Crippen LogP contribution in [-0.2, 0) is 16.0 Å². The molecule has 1 atom stereocenters. The van der Waals surface area contributed by atoms with Gasteiger partial charge < -0.3 is 24.3 Å². The second-order valence-corrected chi connectivity index (χ2v) is 10.5. The number of halogens is 2. The van der Waals surface area contributed by atoms with E-state index in [1.807, 2.05) is 0 Å². The normalized spacial score (nSPS) is 12.1. The van der Waals surface area contributed by atoms with Crippen molar-refractivity contribution in [2.45, 2.75) is 38.8 Å². The highest BCUT2D eigenvalue weighted by atomic mass is 35.5. The summed E-state index contributed by atoms with van der Waals surface area (Å²) in [5.41, 5.74) is 1.44. The number of hydrogen-bond donors (Lipinski definition) is 2. The fourth-order valence-corrected chi connectivity index (χ4v) is 4.17. The lowest BCUT2D eigenvalue weighted by Crippen LogP contribution is -2.44. The van der Waals surface area contributed by atoms with Crippen molar-refractivity contribution < 1.29 is 33.4 Å². The minimum Gasteiger partial charge on any atom is -0.480 e. The minimum absolute atomic E-state index is 0.0553. The van der Waals surface area contributed by atoms with Gasteiger partial charge in [-0.2, -0.15) is 0 Å². The second kappa shape index (κ2) is 11.3. The second-order valence-electron chi connectivity index (χ2n) is 9.64. The number of benzene rings is 3. The maximum atomic E-state index is 12.9. The number of carboxylic acid groups (broad SMARTS) is 1. The number of carbonyl (C=O) groups excluding carboxylic acids is 2. The Morgan fingerprint density at radius 1 is 1.03 bits per heavy atom. The van der Waals surface area contributed by atoms with E-state index in [-0.39, 0.29) is 17.7 Å². The molecule has 1 amide bonds. The number of aromatic nitrogens is 1. The summed E-state index contributed by atoms with van der Waals surface area (Å²) in [5, 5.41) is 12.8. The van der Waals surface area contributed by atoms with Crippen LogP contribution in [-0.4, -0.2) is 39.8 Å². The lowest BCUT2D eigenvalue weighted by atomic mass is 10.1. The molecule has 2 N–H and O–H groups in total. The summed E-state index contributed by atoms with van der Waals surface area (Å²) in [7, 11) is 0. The standard InChI is InChI=1S/C28H24Cl2N2O7/c1-28(2,3)39-27(36)32-22(25(33)34)10-15-5-4-6-20(9-15)37-26(35)16-7-8-21-23(13-16)38-24(31-21)17-11-18(29)14-19(30)12-17/h4-9,11-14,22H,10H2,1-3H3,(H,32,36)(H,33,34)/t22-/m1/s1. The summed E-state index contributed by atoms with van der Waals surface area (Å²) in [6.45, 7) is 5.03. The van der Waals surface area contributed by atoms with Gasteiger partial charge in [0, 0.05) is 22.0 Å². The molecule has 3 aromatic carbocycles. The van der Waals surface area contributed by atoms with E-state index in [0.29, 0.717) is 38.2 Å². The van der Waals surface area contributed by atoms with Crippen molar-refractivity contribution in [1.82, 2.24) is 10.3 Å². The molecule has 11 heteroatoms. The first kappa shape index (κ1) is 27.9. The van der Waals surface area contributed by atoms with Gasteiger partial charge in [-0.25, -0.2) is 19.4 Å². The predicted octanol–water partition coefficient (Wildman–Crippen LogP) is 6.54. The fraction of sp³-hybridized carbons (Fsp3) is 0.214. The third kappa shape index (κ3) is 7.49. The van der Waals surface area contributed by atoms with Gasteiger partial charge in [-0.1, -0.05) is 35.3 Å². The maximum Gasteiger partial charge on any atom is 0.408 e. The van der Waals surface area contributed by atoms with E-state index in [1.165, 1.54) is 12.1 Å². The van der Waals surface area contributed by atoms with Gasteiger partial charge in [0.25, 0.3) is 0 Å². The van der Waals surface area contributed by atoms with Crippen LogP contribution in [0.25, 0.3) is 22.6 Å². The number of ether oxygens (including phenoxy) is 2. The van der Waals surface area contributed by atoms with E-state index < -0.39 is 29.7 Å². The molecule has 9 nitrogen and oxygen atoms in total. The van der Waals surface area contributed by atoms with Crippen molar-refractivity contribution in [3.05, 3.63) is 81.8 Å². The predicted molar refractivity (Wildman–Crippen MR) is 145 cm³/mol. The number of aliphatic carboxylic acids is 1. The number of nitrogens with zero attached hydrogens (tertiary/aromatic N) is 1. The van der Waals surface area contributed by atoms with Crippen LogP contribution in [0, 0.1) is 0 Å². The van der Waals surface area contributed by atoms with Crippen LogP contribution in [0.2, 0.25) is 10.0 Å². The lowest BCUT2D eigenvalue weighted by molar-refractivity contribution is -0.139. The number of alkyl carbamates (subject to hydrolysis) is 1. The van der Waals surface area contributed by atoms with Gasteiger partial charge in [0.15, 0.2) is 5.58 Å². The fourth-order valence-electron chi connectivity index (χ4n) is 3.64. The average Bonchev–Trinajstić information content (AvgIpc) is 3.26. The summed E-state index contributed by atoms with van der Waals surface area (Å²) >= 11 is 12.1. The number of amides is 1. The monoisotopic (exact) mass is 570 g/mol. The van der Waals surface area contributed by atoms with Crippen LogP contribution in [0.1, 0.15) is 36.7 Å². The number of esters is 1. The summed E-state index contributed by atoms with van der Waals surface area (Å²) in [6, 6.07) is 14.7. The topological polar surface area (TPSA) is 128 Å². The molecular weight excluding hydrogens is 547 g/mol. The van der Waals surface area contributed by atoms with Crippen LogP contribution in [0.3, 0.4) is 0 Å². The Kier molecular flexibility index (Phi) is 8.13. The van der Waals surface area contributed by atoms with Gasteiger partial charge in [-0.05, 0) is 74.9 Å².